The molecule has 0 unspecified atom stereocenters. The molecule has 1 N–H and O–H groups in total. The summed E-state index contributed by atoms with van der Waals surface area (Å²) in [5.41, 5.74) is 1.55. The average molecular weight is 211 g/mol. The minimum Gasteiger partial charge on any atom is -0.409 e. The van der Waals surface area contributed by atoms with Gasteiger partial charge in [-0.15, -0.1) is 5.10 Å². The third-order valence-electron chi connectivity index (χ3n) is 1.90. The van der Waals surface area contributed by atoms with Crippen molar-refractivity contribution in [2.75, 3.05) is 0 Å². The van der Waals surface area contributed by atoms with Crippen LogP contribution in [-0.2, 0) is 0 Å². The summed E-state index contributed by atoms with van der Waals surface area (Å²) in [6, 6.07) is 5.42. The van der Waals surface area contributed by atoms with Gasteiger partial charge in [0.1, 0.15) is 0 Å². The topological polar surface area (TPSA) is 63.8 Å². The van der Waals surface area contributed by atoms with Crippen molar-refractivity contribution in [3.8, 4) is 11.4 Å². The molecule has 0 spiro atoms. The number of halogens is 1. The molecule has 1 aromatic heterocycles. The number of rotatable bonds is 1. The Morgan fingerprint density at radius 2 is 2.21 bits per heavy atom. The second-order valence-corrected chi connectivity index (χ2v) is 3.23. The third kappa shape index (κ3) is 1.31. The highest BCUT2D eigenvalue weighted by Crippen LogP contribution is 2.28. The van der Waals surface area contributed by atoms with Crippen molar-refractivity contribution in [1.29, 1.82) is 0 Å². The van der Waals surface area contributed by atoms with Crippen LogP contribution in [0.4, 0.5) is 0 Å². The van der Waals surface area contributed by atoms with Gasteiger partial charge in [0.2, 0.25) is 5.82 Å². The average Bonchev–Trinajstić information content (AvgIpc) is 2.52. The van der Waals surface area contributed by atoms with Gasteiger partial charge in [0, 0.05) is 5.56 Å². The molecule has 0 radical (unpaired) electrons. The van der Waals surface area contributed by atoms with E-state index in [1.165, 1.54) is 0 Å². The number of aryl methyl sites for hydroxylation is 1. The molecule has 2 aromatic rings. The number of benzene rings is 1. The predicted octanol–water partition coefficient (Wildman–Crippen LogP) is 1.54. The molecule has 2 rings (SSSR count). The van der Waals surface area contributed by atoms with E-state index < -0.39 is 0 Å². The van der Waals surface area contributed by atoms with Crippen LogP contribution in [0.15, 0.2) is 18.2 Å². The zero-order chi connectivity index (χ0) is 10.1. The van der Waals surface area contributed by atoms with E-state index in [2.05, 4.69) is 15.5 Å². The van der Waals surface area contributed by atoms with E-state index in [0.29, 0.717) is 15.4 Å². The molecule has 0 fully saturated rings. The molecule has 0 bridgehead atoms. The van der Waals surface area contributed by atoms with Crippen molar-refractivity contribution in [2.24, 2.45) is 0 Å². The fourth-order valence-corrected chi connectivity index (χ4v) is 1.55. The summed E-state index contributed by atoms with van der Waals surface area (Å²) >= 11 is 5.97. The Bertz CT molecular complexity index is 448. The zero-order valence-corrected chi connectivity index (χ0v) is 8.10. The molecule has 0 aliphatic carbocycles. The maximum Gasteiger partial charge on any atom is 0.223 e. The van der Waals surface area contributed by atoms with Gasteiger partial charge in [-0.2, -0.15) is 0 Å². The molecule has 0 saturated heterocycles. The van der Waals surface area contributed by atoms with Gasteiger partial charge < -0.3 is 5.21 Å². The minimum atomic E-state index is 0.244. The van der Waals surface area contributed by atoms with E-state index in [4.69, 9.17) is 11.6 Å². The SMILES string of the molecule is Cc1cccc(Cl)c1-c1nnnn1O. The lowest BCUT2D eigenvalue weighted by molar-refractivity contribution is 0.147. The minimum absolute atomic E-state index is 0.244. The lowest BCUT2D eigenvalue weighted by Crippen LogP contribution is -1.98. The predicted molar refractivity (Wildman–Crippen MR) is 50.2 cm³/mol. The van der Waals surface area contributed by atoms with Crippen molar-refractivity contribution in [3.63, 3.8) is 0 Å². The summed E-state index contributed by atoms with van der Waals surface area (Å²) in [7, 11) is 0. The third-order valence-corrected chi connectivity index (χ3v) is 2.21. The molecule has 0 atom stereocenters. The summed E-state index contributed by atoms with van der Waals surface area (Å²) in [4.78, 5) is 0.605. The van der Waals surface area contributed by atoms with Gasteiger partial charge in [-0.3, -0.25) is 0 Å². The molecule has 1 aromatic carbocycles. The molecule has 72 valence electrons. The van der Waals surface area contributed by atoms with Crippen molar-refractivity contribution in [1.82, 2.24) is 20.4 Å². The van der Waals surface area contributed by atoms with Crippen LogP contribution in [0.1, 0.15) is 5.56 Å². The molecule has 0 amide bonds. The van der Waals surface area contributed by atoms with Crippen molar-refractivity contribution in [3.05, 3.63) is 28.8 Å². The fraction of sp³-hybridized carbons (Fsp3) is 0.125. The first-order valence-electron chi connectivity index (χ1n) is 3.93. The van der Waals surface area contributed by atoms with Gasteiger partial charge in [-0.05, 0) is 29.0 Å². The van der Waals surface area contributed by atoms with Gasteiger partial charge in [0.25, 0.3) is 0 Å². The lowest BCUT2D eigenvalue weighted by atomic mass is 10.1. The number of tetrazole rings is 1. The van der Waals surface area contributed by atoms with Crippen molar-refractivity contribution in [2.45, 2.75) is 6.92 Å². The van der Waals surface area contributed by atoms with Crippen molar-refractivity contribution >= 4 is 11.6 Å². The number of hydrogen-bond acceptors (Lipinski definition) is 4. The van der Waals surface area contributed by atoms with E-state index in [-0.39, 0.29) is 5.82 Å². The Morgan fingerprint density at radius 1 is 1.43 bits per heavy atom. The Labute approximate surface area is 84.9 Å². The highest BCUT2D eigenvalue weighted by molar-refractivity contribution is 6.33. The van der Waals surface area contributed by atoms with Crippen LogP contribution in [0.2, 0.25) is 5.02 Å². The molecule has 0 aliphatic heterocycles. The molecule has 1 heterocycles. The van der Waals surface area contributed by atoms with E-state index in [9.17, 15) is 5.21 Å². The quantitative estimate of drug-likeness (QED) is 0.726. The van der Waals surface area contributed by atoms with Gasteiger partial charge in [-0.25, -0.2) is 0 Å². The molecule has 0 aliphatic rings. The maximum atomic E-state index is 9.27. The van der Waals surface area contributed by atoms with Gasteiger partial charge in [0.05, 0.1) is 5.02 Å². The number of hydrogen-bond donors (Lipinski definition) is 1. The summed E-state index contributed by atoms with van der Waals surface area (Å²) in [5.74, 6) is 0.244. The highest BCUT2D eigenvalue weighted by Gasteiger charge is 2.13. The molecular formula is C8H7ClN4O. The number of nitrogens with zero attached hydrogens (tertiary/aromatic N) is 4. The monoisotopic (exact) mass is 210 g/mol. The number of aromatic nitrogens is 4. The first-order valence-corrected chi connectivity index (χ1v) is 4.31. The summed E-state index contributed by atoms with van der Waals surface area (Å²) < 4.78 is 0. The van der Waals surface area contributed by atoms with Crippen molar-refractivity contribution < 1.29 is 5.21 Å². The summed E-state index contributed by atoms with van der Waals surface area (Å²) in [5, 5.41) is 20.1. The van der Waals surface area contributed by atoms with E-state index in [1.54, 1.807) is 6.07 Å². The molecular weight excluding hydrogens is 204 g/mol. The normalized spacial score (nSPS) is 10.4. The zero-order valence-electron chi connectivity index (χ0n) is 7.35. The van der Waals surface area contributed by atoms with Gasteiger partial charge in [0.15, 0.2) is 0 Å². The van der Waals surface area contributed by atoms with Crippen LogP contribution in [0.3, 0.4) is 0 Å². The summed E-state index contributed by atoms with van der Waals surface area (Å²) in [6.07, 6.45) is 0. The second-order valence-electron chi connectivity index (χ2n) is 2.82. The maximum absolute atomic E-state index is 9.27. The van der Waals surface area contributed by atoms with Crippen LogP contribution < -0.4 is 0 Å². The standard InChI is InChI=1S/C8H7ClN4O/c1-5-3-2-4-6(9)7(5)8-10-11-12-13(8)14/h2-4,14H,1H3. The Morgan fingerprint density at radius 3 is 2.79 bits per heavy atom. The molecule has 6 heteroatoms. The fourth-order valence-electron chi connectivity index (χ4n) is 1.25. The molecule has 14 heavy (non-hydrogen) atoms. The van der Waals surface area contributed by atoms with Crippen LogP contribution in [-0.4, -0.2) is 25.6 Å². The Kier molecular flexibility index (Phi) is 2.09. The first kappa shape index (κ1) is 8.96. The summed E-state index contributed by atoms with van der Waals surface area (Å²) in [6.45, 7) is 1.87. The van der Waals surface area contributed by atoms with E-state index in [0.717, 1.165) is 5.56 Å². The first-order chi connectivity index (χ1) is 6.70. The Hall–Kier alpha value is -1.62. The van der Waals surface area contributed by atoms with Crippen LogP contribution >= 0.6 is 11.6 Å². The largest absolute Gasteiger partial charge is 0.409 e. The highest BCUT2D eigenvalue weighted by atomic mass is 35.5. The van der Waals surface area contributed by atoms with Crippen LogP contribution in [0, 0.1) is 6.92 Å². The second kappa shape index (κ2) is 3.26. The van der Waals surface area contributed by atoms with E-state index >= 15 is 0 Å². The van der Waals surface area contributed by atoms with Gasteiger partial charge >= 0.3 is 0 Å². The lowest BCUT2D eigenvalue weighted by Gasteiger charge is -2.04. The molecule has 0 saturated carbocycles. The Balaban J connectivity index is 2.68. The molecule has 5 nitrogen and oxygen atoms in total. The van der Waals surface area contributed by atoms with Crippen LogP contribution in [0.25, 0.3) is 11.4 Å². The van der Waals surface area contributed by atoms with E-state index in [1.807, 2.05) is 19.1 Å². The van der Waals surface area contributed by atoms with Gasteiger partial charge in [-0.1, -0.05) is 28.6 Å². The smallest absolute Gasteiger partial charge is 0.223 e. The van der Waals surface area contributed by atoms with Crippen LogP contribution in [0.5, 0.6) is 0 Å².